The van der Waals surface area contributed by atoms with Crippen LogP contribution in [-0.2, 0) is 6.61 Å². The summed E-state index contributed by atoms with van der Waals surface area (Å²) >= 11 is 5.68. The fourth-order valence-electron chi connectivity index (χ4n) is 2.08. The van der Waals surface area contributed by atoms with E-state index in [1.54, 1.807) is 0 Å². The second-order valence-electron chi connectivity index (χ2n) is 4.71. The van der Waals surface area contributed by atoms with Gasteiger partial charge in [0.2, 0.25) is 0 Å². The maximum atomic E-state index is 5.98. The second-order valence-corrected chi connectivity index (χ2v) is 6.71. The molecule has 0 aliphatic carbocycles. The quantitative estimate of drug-likeness (QED) is 0.548. The SMILES string of the molecule is Nc1n[nH]c(-c2cc(Br)ccc2OCc2ccccc2)c1I. The van der Waals surface area contributed by atoms with E-state index in [2.05, 4.69) is 48.7 Å². The molecule has 2 aromatic carbocycles. The molecule has 0 saturated heterocycles. The van der Waals surface area contributed by atoms with Gasteiger partial charge in [0.15, 0.2) is 5.82 Å². The third-order valence-corrected chi connectivity index (χ3v) is 4.77. The summed E-state index contributed by atoms with van der Waals surface area (Å²) in [7, 11) is 0. The number of nitrogens with two attached hydrogens (primary N) is 1. The van der Waals surface area contributed by atoms with Gasteiger partial charge >= 0.3 is 0 Å². The molecule has 0 atom stereocenters. The minimum atomic E-state index is 0.490. The number of aromatic nitrogens is 2. The molecule has 3 rings (SSSR count). The lowest BCUT2D eigenvalue weighted by Crippen LogP contribution is -1.97. The summed E-state index contributed by atoms with van der Waals surface area (Å²) in [4.78, 5) is 0. The zero-order valence-corrected chi connectivity index (χ0v) is 15.3. The molecule has 0 bridgehead atoms. The lowest BCUT2D eigenvalue weighted by atomic mass is 10.1. The molecule has 1 aromatic heterocycles. The Hall–Kier alpha value is -1.54. The Bertz CT molecular complexity index is 789. The zero-order chi connectivity index (χ0) is 15.5. The van der Waals surface area contributed by atoms with E-state index >= 15 is 0 Å². The summed E-state index contributed by atoms with van der Waals surface area (Å²) in [5.74, 6) is 1.28. The number of anilines is 1. The molecule has 4 nitrogen and oxygen atoms in total. The minimum absolute atomic E-state index is 0.490. The maximum Gasteiger partial charge on any atom is 0.159 e. The molecule has 0 saturated carbocycles. The Kier molecular flexibility index (Phi) is 4.68. The Morgan fingerprint density at radius 2 is 1.95 bits per heavy atom. The van der Waals surface area contributed by atoms with Gasteiger partial charge in [-0.3, -0.25) is 5.10 Å². The van der Waals surface area contributed by atoms with Crippen LogP contribution in [0.15, 0.2) is 53.0 Å². The standard InChI is InChI=1S/C16H13BrIN3O/c17-11-6-7-13(22-9-10-4-2-1-3-5-10)12(8-11)15-14(18)16(19)21-20-15/h1-8H,9H2,(H3,19,20,21). The van der Waals surface area contributed by atoms with Crippen LogP contribution in [0.2, 0.25) is 0 Å². The van der Waals surface area contributed by atoms with E-state index in [-0.39, 0.29) is 0 Å². The van der Waals surface area contributed by atoms with Gasteiger partial charge in [-0.25, -0.2) is 0 Å². The van der Waals surface area contributed by atoms with Gasteiger partial charge in [0, 0.05) is 10.0 Å². The van der Waals surface area contributed by atoms with Crippen LogP contribution in [0.5, 0.6) is 5.75 Å². The molecule has 0 radical (unpaired) electrons. The highest BCUT2D eigenvalue weighted by Crippen LogP contribution is 2.36. The number of nitrogen functional groups attached to an aromatic ring is 1. The lowest BCUT2D eigenvalue weighted by Gasteiger charge is -2.11. The summed E-state index contributed by atoms with van der Waals surface area (Å²) in [6, 6.07) is 16.0. The smallest absolute Gasteiger partial charge is 0.159 e. The predicted molar refractivity (Wildman–Crippen MR) is 99.6 cm³/mol. The van der Waals surface area contributed by atoms with Gasteiger partial charge in [-0.1, -0.05) is 46.3 Å². The number of hydrogen-bond acceptors (Lipinski definition) is 3. The Balaban J connectivity index is 1.93. The number of hydrogen-bond donors (Lipinski definition) is 2. The van der Waals surface area contributed by atoms with Crippen molar-refractivity contribution in [3.05, 3.63) is 62.1 Å². The van der Waals surface area contributed by atoms with E-state index < -0.39 is 0 Å². The Labute approximate surface area is 150 Å². The molecule has 0 aliphatic heterocycles. The van der Waals surface area contributed by atoms with Crippen molar-refractivity contribution >= 4 is 44.3 Å². The molecule has 22 heavy (non-hydrogen) atoms. The largest absolute Gasteiger partial charge is 0.488 e. The Morgan fingerprint density at radius 3 is 2.64 bits per heavy atom. The molecule has 0 fully saturated rings. The van der Waals surface area contributed by atoms with Gasteiger partial charge in [-0.15, -0.1) is 0 Å². The third-order valence-electron chi connectivity index (χ3n) is 3.18. The van der Waals surface area contributed by atoms with E-state index in [9.17, 15) is 0 Å². The van der Waals surface area contributed by atoms with Crippen LogP contribution in [0.25, 0.3) is 11.3 Å². The number of ether oxygens (including phenoxy) is 1. The van der Waals surface area contributed by atoms with Crippen molar-refractivity contribution in [1.82, 2.24) is 10.2 Å². The van der Waals surface area contributed by atoms with Gasteiger partial charge in [-0.05, 0) is 46.4 Å². The fourth-order valence-corrected chi connectivity index (χ4v) is 2.97. The lowest BCUT2D eigenvalue weighted by molar-refractivity contribution is 0.307. The van der Waals surface area contributed by atoms with Crippen LogP contribution in [0.1, 0.15) is 5.56 Å². The monoisotopic (exact) mass is 469 g/mol. The summed E-state index contributed by atoms with van der Waals surface area (Å²) in [6.07, 6.45) is 0. The topological polar surface area (TPSA) is 63.9 Å². The van der Waals surface area contributed by atoms with Gasteiger partial charge in [-0.2, -0.15) is 5.10 Å². The van der Waals surface area contributed by atoms with Crippen molar-refractivity contribution in [1.29, 1.82) is 0 Å². The highest BCUT2D eigenvalue weighted by Gasteiger charge is 2.15. The average Bonchev–Trinajstić information content (AvgIpc) is 2.87. The molecule has 0 spiro atoms. The minimum Gasteiger partial charge on any atom is -0.488 e. The number of halogens is 2. The van der Waals surface area contributed by atoms with Gasteiger partial charge < -0.3 is 10.5 Å². The molecule has 0 unspecified atom stereocenters. The van der Waals surface area contributed by atoms with Crippen LogP contribution in [0.3, 0.4) is 0 Å². The summed E-state index contributed by atoms with van der Waals surface area (Å²) in [6.45, 7) is 0.510. The van der Waals surface area contributed by atoms with Crippen LogP contribution >= 0.6 is 38.5 Å². The first-order valence-electron chi connectivity index (χ1n) is 6.61. The highest BCUT2D eigenvalue weighted by molar-refractivity contribution is 14.1. The van der Waals surface area contributed by atoms with Gasteiger partial charge in [0.1, 0.15) is 12.4 Å². The first kappa shape index (κ1) is 15.4. The van der Waals surface area contributed by atoms with Crippen molar-refractivity contribution in [2.75, 3.05) is 5.73 Å². The first-order valence-corrected chi connectivity index (χ1v) is 8.48. The van der Waals surface area contributed by atoms with Crippen molar-refractivity contribution in [2.45, 2.75) is 6.61 Å². The van der Waals surface area contributed by atoms with E-state index in [1.165, 1.54) is 0 Å². The fraction of sp³-hybridized carbons (Fsp3) is 0.0625. The molecule has 3 aromatic rings. The molecule has 0 amide bonds. The molecular weight excluding hydrogens is 457 g/mol. The number of aromatic amines is 1. The number of benzene rings is 2. The van der Waals surface area contributed by atoms with Crippen molar-refractivity contribution in [3.63, 3.8) is 0 Å². The molecule has 1 heterocycles. The van der Waals surface area contributed by atoms with E-state index in [4.69, 9.17) is 10.5 Å². The number of rotatable bonds is 4. The van der Waals surface area contributed by atoms with Crippen molar-refractivity contribution in [2.24, 2.45) is 0 Å². The number of nitrogens with zero attached hydrogens (tertiary/aromatic N) is 1. The van der Waals surface area contributed by atoms with Crippen LogP contribution in [0, 0.1) is 3.57 Å². The van der Waals surface area contributed by atoms with E-state index in [0.29, 0.717) is 12.4 Å². The molecule has 0 aliphatic rings. The predicted octanol–water partition coefficient (Wildman–Crippen LogP) is 4.61. The van der Waals surface area contributed by atoms with Gasteiger partial charge in [0.25, 0.3) is 0 Å². The van der Waals surface area contributed by atoms with Crippen molar-refractivity contribution in [3.8, 4) is 17.0 Å². The number of H-pyrrole nitrogens is 1. The first-order chi connectivity index (χ1) is 10.6. The van der Waals surface area contributed by atoms with Gasteiger partial charge in [0.05, 0.1) is 9.26 Å². The van der Waals surface area contributed by atoms with Crippen LogP contribution in [0.4, 0.5) is 5.82 Å². The van der Waals surface area contributed by atoms with Crippen molar-refractivity contribution < 1.29 is 4.74 Å². The van der Waals surface area contributed by atoms with E-state index in [0.717, 1.165) is 30.6 Å². The molecule has 112 valence electrons. The third kappa shape index (κ3) is 3.27. The molecular formula is C16H13BrIN3O. The summed E-state index contributed by atoms with van der Waals surface area (Å²) in [5, 5.41) is 7.03. The van der Waals surface area contributed by atoms with E-state index in [1.807, 2.05) is 48.5 Å². The summed E-state index contributed by atoms with van der Waals surface area (Å²) < 4.78 is 7.84. The summed E-state index contributed by atoms with van der Waals surface area (Å²) in [5.41, 5.74) is 8.74. The molecule has 6 heteroatoms. The zero-order valence-electron chi connectivity index (χ0n) is 11.5. The normalized spacial score (nSPS) is 10.6. The van der Waals surface area contributed by atoms with Crippen LogP contribution < -0.4 is 10.5 Å². The highest BCUT2D eigenvalue weighted by atomic mass is 127. The number of nitrogens with one attached hydrogen (secondary N) is 1. The van der Waals surface area contributed by atoms with Crippen LogP contribution in [-0.4, -0.2) is 10.2 Å². The maximum absolute atomic E-state index is 5.98. The Morgan fingerprint density at radius 1 is 1.18 bits per heavy atom. The second kappa shape index (κ2) is 6.70. The molecule has 3 N–H and O–H groups in total. The average molecular weight is 470 g/mol.